The van der Waals surface area contributed by atoms with Gasteiger partial charge in [-0.25, -0.2) is 9.48 Å². The summed E-state index contributed by atoms with van der Waals surface area (Å²) in [6.45, 7) is 0. The first-order chi connectivity index (χ1) is 15.1. The summed E-state index contributed by atoms with van der Waals surface area (Å²) in [4.78, 5) is 13.0. The molecule has 0 radical (unpaired) electrons. The van der Waals surface area contributed by atoms with Crippen LogP contribution in [0.1, 0.15) is 10.4 Å². The molecule has 3 aromatic carbocycles. The van der Waals surface area contributed by atoms with Crippen molar-refractivity contribution in [2.24, 2.45) is 0 Å². The maximum atomic E-state index is 11.1. The van der Waals surface area contributed by atoms with Crippen LogP contribution >= 0.6 is 11.8 Å². The van der Waals surface area contributed by atoms with Crippen LogP contribution in [0.15, 0.2) is 82.7 Å². The Morgan fingerprint density at radius 3 is 2.48 bits per heavy atom. The van der Waals surface area contributed by atoms with Gasteiger partial charge in [-0.3, -0.25) is 0 Å². The van der Waals surface area contributed by atoms with Gasteiger partial charge in [0, 0.05) is 21.4 Å². The van der Waals surface area contributed by atoms with Gasteiger partial charge >= 0.3 is 5.97 Å². The minimum Gasteiger partial charge on any atom is -0.497 e. The lowest BCUT2D eigenvalue weighted by Crippen LogP contribution is -1.99. The van der Waals surface area contributed by atoms with Crippen LogP contribution in [0.4, 0.5) is 0 Å². The smallest absolute Gasteiger partial charge is 0.335 e. The molecule has 0 atom stereocenters. The van der Waals surface area contributed by atoms with Crippen LogP contribution in [-0.4, -0.2) is 40.3 Å². The van der Waals surface area contributed by atoms with Gasteiger partial charge in [-0.2, -0.15) is 0 Å². The zero-order valence-corrected chi connectivity index (χ0v) is 17.7. The highest BCUT2D eigenvalue weighted by Gasteiger charge is 2.14. The molecule has 0 unspecified atom stereocenters. The van der Waals surface area contributed by atoms with Gasteiger partial charge in [-0.05, 0) is 42.5 Å². The Morgan fingerprint density at radius 2 is 1.77 bits per heavy atom. The second-order valence-electron chi connectivity index (χ2n) is 6.51. The number of hydrogen-bond acceptors (Lipinski definition) is 6. The Labute approximate surface area is 183 Å². The molecule has 0 fully saturated rings. The highest BCUT2D eigenvalue weighted by Crippen LogP contribution is 2.36. The molecule has 0 saturated carbocycles. The van der Waals surface area contributed by atoms with E-state index in [2.05, 4.69) is 10.3 Å². The molecule has 1 heterocycles. The Hall–Kier alpha value is -3.78. The first-order valence-electron chi connectivity index (χ1n) is 9.34. The van der Waals surface area contributed by atoms with E-state index in [-0.39, 0.29) is 5.56 Å². The third-order valence-electron chi connectivity index (χ3n) is 4.62. The van der Waals surface area contributed by atoms with Crippen molar-refractivity contribution in [3.63, 3.8) is 0 Å². The summed E-state index contributed by atoms with van der Waals surface area (Å²) < 4.78 is 12.4. The van der Waals surface area contributed by atoms with Crippen molar-refractivity contribution in [2.75, 3.05) is 14.2 Å². The molecule has 0 saturated heterocycles. The minimum atomic E-state index is -0.943. The quantitative estimate of drug-likeness (QED) is 0.448. The average Bonchev–Trinajstić information content (AvgIpc) is 3.29. The van der Waals surface area contributed by atoms with E-state index in [0.717, 1.165) is 21.0 Å². The zero-order valence-electron chi connectivity index (χ0n) is 16.9. The number of carboxylic acid groups (broad SMARTS) is 1. The predicted octanol–water partition coefficient (Wildman–Crippen LogP) is 4.80. The van der Waals surface area contributed by atoms with E-state index in [0.29, 0.717) is 17.2 Å². The molecule has 0 spiro atoms. The zero-order chi connectivity index (χ0) is 21.8. The Kier molecular flexibility index (Phi) is 5.90. The molecule has 4 aromatic rings. The van der Waals surface area contributed by atoms with Crippen molar-refractivity contribution in [3.8, 4) is 28.4 Å². The van der Waals surface area contributed by atoms with Crippen LogP contribution in [0.3, 0.4) is 0 Å². The van der Waals surface area contributed by atoms with E-state index in [4.69, 9.17) is 14.6 Å². The van der Waals surface area contributed by atoms with E-state index >= 15 is 0 Å². The predicted molar refractivity (Wildman–Crippen MR) is 117 cm³/mol. The molecular formula is C23H19N3O4S. The van der Waals surface area contributed by atoms with Crippen LogP contribution in [0.2, 0.25) is 0 Å². The highest BCUT2D eigenvalue weighted by molar-refractivity contribution is 7.99. The number of aromatic nitrogens is 3. The van der Waals surface area contributed by atoms with Gasteiger partial charge in [0.25, 0.3) is 0 Å². The number of aromatic carboxylic acids is 1. The standard InChI is InChI=1S/C23H19N3O4S/c1-29-16-9-12-21(30-2)20(13-16)26-14-19(24-25-26)18-5-3-4-6-22(18)31-17-10-7-15(8-11-17)23(27)28/h3-14H,1-2H3,(H,27,28). The third kappa shape index (κ3) is 4.39. The number of nitrogens with zero attached hydrogens (tertiary/aromatic N) is 3. The van der Waals surface area contributed by atoms with Crippen LogP contribution in [-0.2, 0) is 0 Å². The summed E-state index contributed by atoms with van der Waals surface area (Å²) in [5.41, 5.74) is 2.60. The molecule has 156 valence electrons. The largest absolute Gasteiger partial charge is 0.497 e. The first-order valence-corrected chi connectivity index (χ1v) is 10.2. The maximum Gasteiger partial charge on any atom is 0.335 e. The van der Waals surface area contributed by atoms with E-state index in [1.54, 1.807) is 43.2 Å². The van der Waals surface area contributed by atoms with E-state index in [1.807, 2.05) is 48.7 Å². The fraction of sp³-hybridized carbons (Fsp3) is 0.0870. The van der Waals surface area contributed by atoms with E-state index < -0.39 is 5.97 Å². The lowest BCUT2D eigenvalue weighted by Gasteiger charge is -2.09. The molecule has 8 heteroatoms. The summed E-state index contributed by atoms with van der Waals surface area (Å²) in [7, 11) is 3.21. The van der Waals surface area contributed by atoms with Crippen molar-refractivity contribution < 1.29 is 19.4 Å². The van der Waals surface area contributed by atoms with Gasteiger partial charge < -0.3 is 14.6 Å². The van der Waals surface area contributed by atoms with Crippen molar-refractivity contribution in [1.82, 2.24) is 15.0 Å². The van der Waals surface area contributed by atoms with Gasteiger partial charge in [0.05, 0.1) is 26.0 Å². The molecule has 0 amide bonds. The van der Waals surface area contributed by atoms with Crippen LogP contribution in [0, 0.1) is 0 Å². The lowest BCUT2D eigenvalue weighted by molar-refractivity contribution is 0.0697. The first kappa shape index (κ1) is 20.5. The molecule has 0 aliphatic carbocycles. The van der Waals surface area contributed by atoms with Crippen LogP contribution in [0.25, 0.3) is 16.9 Å². The van der Waals surface area contributed by atoms with Gasteiger partial charge in [-0.1, -0.05) is 35.2 Å². The highest BCUT2D eigenvalue weighted by atomic mass is 32.2. The minimum absolute atomic E-state index is 0.257. The average molecular weight is 433 g/mol. The Bertz CT molecular complexity index is 1220. The third-order valence-corrected chi connectivity index (χ3v) is 5.70. The number of ether oxygens (including phenoxy) is 2. The molecule has 31 heavy (non-hydrogen) atoms. The fourth-order valence-electron chi connectivity index (χ4n) is 3.04. The van der Waals surface area contributed by atoms with Crippen LogP contribution in [0.5, 0.6) is 11.5 Å². The number of hydrogen-bond donors (Lipinski definition) is 1. The van der Waals surface area contributed by atoms with E-state index in [9.17, 15) is 4.79 Å². The van der Waals surface area contributed by atoms with Gasteiger partial charge in [-0.15, -0.1) is 5.10 Å². The number of carbonyl (C=O) groups is 1. The van der Waals surface area contributed by atoms with Crippen molar-refractivity contribution in [1.29, 1.82) is 0 Å². The molecule has 4 rings (SSSR count). The van der Waals surface area contributed by atoms with E-state index in [1.165, 1.54) is 11.8 Å². The molecule has 0 bridgehead atoms. The fourth-order valence-corrected chi connectivity index (χ4v) is 4.00. The number of benzene rings is 3. The summed E-state index contributed by atoms with van der Waals surface area (Å²) in [6, 6.07) is 20.1. The Morgan fingerprint density at radius 1 is 1.00 bits per heavy atom. The topological polar surface area (TPSA) is 86.5 Å². The number of rotatable bonds is 7. The normalized spacial score (nSPS) is 10.6. The van der Waals surface area contributed by atoms with Crippen molar-refractivity contribution >= 4 is 17.7 Å². The monoisotopic (exact) mass is 433 g/mol. The molecule has 1 aromatic heterocycles. The molecule has 7 nitrogen and oxygen atoms in total. The molecular weight excluding hydrogens is 414 g/mol. The number of carboxylic acids is 1. The molecule has 0 aliphatic heterocycles. The number of methoxy groups -OCH3 is 2. The van der Waals surface area contributed by atoms with Gasteiger partial charge in [0.1, 0.15) is 22.9 Å². The molecule has 0 aliphatic rings. The van der Waals surface area contributed by atoms with Crippen molar-refractivity contribution in [2.45, 2.75) is 9.79 Å². The van der Waals surface area contributed by atoms with Gasteiger partial charge in [0.2, 0.25) is 0 Å². The Balaban J connectivity index is 1.67. The molecule has 1 N–H and O–H groups in total. The second-order valence-corrected chi connectivity index (χ2v) is 7.63. The van der Waals surface area contributed by atoms with Crippen LogP contribution < -0.4 is 9.47 Å². The van der Waals surface area contributed by atoms with Crippen molar-refractivity contribution in [3.05, 3.63) is 78.5 Å². The summed E-state index contributed by atoms with van der Waals surface area (Å²) in [6.07, 6.45) is 1.84. The van der Waals surface area contributed by atoms with Gasteiger partial charge in [0.15, 0.2) is 0 Å². The SMILES string of the molecule is COc1ccc(OC)c(-n2cc(-c3ccccc3Sc3ccc(C(=O)O)cc3)nn2)c1. The summed E-state index contributed by atoms with van der Waals surface area (Å²) in [5, 5.41) is 17.7. The maximum absolute atomic E-state index is 11.1. The second kappa shape index (κ2) is 8.93. The lowest BCUT2D eigenvalue weighted by atomic mass is 10.2. The summed E-state index contributed by atoms with van der Waals surface area (Å²) >= 11 is 1.53. The summed E-state index contributed by atoms with van der Waals surface area (Å²) in [5.74, 6) is 0.397.